The number of benzene rings is 1. The maximum absolute atomic E-state index is 12.0. The SMILES string of the molecule is CCc1ccc(NC2CCN(C(=O)OC(C)(C)C)CC2)cc1. The first kappa shape index (κ1) is 16.7. The van der Waals surface area contributed by atoms with Crippen molar-refractivity contribution in [2.75, 3.05) is 18.4 Å². The van der Waals surface area contributed by atoms with Crippen molar-refractivity contribution in [1.82, 2.24) is 4.90 Å². The molecule has 4 nitrogen and oxygen atoms in total. The molecular formula is C18H28N2O2. The Hall–Kier alpha value is -1.71. The van der Waals surface area contributed by atoms with Crippen LogP contribution in [0.2, 0.25) is 0 Å². The molecule has 1 saturated heterocycles. The molecule has 0 unspecified atom stereocenters. The Morgan fingerprint density at radius 3 is 2.32 bits per heavy atom. The van der Waals surface area contributed by atoms with Gasteiger partial charge in [-0.1, -0.05) is 19.1 Å². The molecule has 0 aliphatic carbocycles. The van der Waals surface area contributed by atoms with E-state index in [1.165, 1.54) is 5.56 Å². The lowest BCUT2D eigenvalue weighted by molar-refractivity contribution is 0.0210. The number of amides is 1. The first-order valence-corrected chi connectivity index (χ1v) is 8.21. The van der Waals surface area contributed by atoms with E-state index in [0.717, 1.165) is 38.0 Å². The Balaban J connectivity index is 1.80. The standard InChI is InChI=1S/C18H28N2O2/c1-5-14-6-8-15(9-7-14)19-16-10-12-20(13-11-16)17(21)22-18(2,3)4/h6-9,16,19H,5,10-13H2,1-4H3. The monoisotopic (exact) mass is 304 g/mol. The number of hydrogen-bond donors (Lipinski definition) is 1. The summed E-state index contributed by atoms with van der Waals surface area (Å²) in [5, 5.41) is 3.56. The molecule has 1 N–H and O–H groups in total. The van der Waals surface area contributed by atoms with E-state index in [4.69, 9.17) is 4.74 Å². The molecule has 1 aliphatic rings. The van der Waals surface area contributed by atoms with Gasteiger partial charge in [-0.25, -0.2) is 4.79 Å². The van der Waals surface area contributed by atoms with Gasteiger partial charge in [0.05, 0.1) is 0 Å². The third-order valence-electron chi connectivity index (χ3n) is 3.88. The normalized spacial score (nSPS) is 16.5. The molecular weight excluding hydrogens is 276 g/mol. The van der Waals surface area contributed by atoms with Crippen molar-refractivity contribution in [3.8, 4) is 0 Å². The van der Waals surface area contributed by atoms with Crippen LogP contribution in [0, 0.1) is 0 Å². The summed E-state index contributed by atoms with van der Waals surface area (Å²) in [4.78, 5) is 13.8. The Morgan fingerprint density at radius 1 is 1.23 bits per heavy atom. The lowest BCUT2D eigenvalue weighted by Crippen LogP contribution is -2.44. The molecule has 0 aromatic heterocycles. The summed E-state index contributed by atoms with van der Waals surface area (Å²) in [7, 11) is 0. The minimum atomic E-state index is -0.423. The summed E-state index contributed by atoms with van der Waals surface area (Å²) >= 11 is 0. The number of nitrogens with one attached hydrogen (secondary N) is 1. The number of piperidine rings is 1. The summed E-state index contributed by atoms with van der Waals surface area (Å²) in [5.41, 5.74) is 2.09. The number of nitrogens with zero attached hydrogens (tertiary/aromatic N) is 1. The van der Waals surface area contributed by atoms with Crippen molar-refractivity contribution in [1.29, 1.82) is 0 Å². The Bertz CT molecular complexity index is 483. The lowest BCUT2D eigenvalue weighted by Gasteiger charge is -2.34. The zero-order valence-corrected chi connectivity index (χ0v) is 14.2. The van der Waals surface area contributed by atoms with Gasteiger partial charge >= 0.3 is 6.09 Å². The minimum absolute atomic E-state index is 0.196. The van der Waals surface area contributed by atoms with Crippen LogP contribution in [0.4, 0.5) is 10.5 Å². The first-order valence-electron chi connectivity index (χ1n) is 8.21. The molecule has 0 saturated carbocycles. The van der Waals surface area contributed by atoms with Gasteiger partial charge in [0.15, 0.2) is 0 Å². The van der Waals surface area contributed by atoms with E-state index >= 15 is 0 Å². The molecule has 1 heterocycles. The minimum Gasteiger partial charge on any atom is -0.444 e. The number of anilines is 1. The zero-order chi connectivity index (χ0) is 16.2. The van der Waals surface area contributed by atoms with Crippen LogP contribution in [0.25, 0.3) is 0 Å². The summed E-state index contributed by atoms with van der Waals surface area (Å²) in [6, 6.07) is 9.03. The van der Waals surface area contributed by atoms with Gasteiger partial charge in [-0.2, -0.15) is 0 Å². The van der Waals surface area contributed by atoms with Crippen molar-refractivity contribution in [3.05, 3.63) is 29.8 Å². The van der Waals surface area contributed by atoms with E-state index in [1.807, 2.05) is 25.7 Å². The first-order chi connectivity index (χ1) is 10.4. The number of carbonyl (C=O) groups is 1. The maximum Gasteiger partial charge on any atom is 0.410 e. The molecule has 1 fully saturated rings. The number of likely N-dealkylation sites (tertiary alicyclic amines) is 1. The van der Waals surface area contributed by atoms with Gasteiger partial charge in [0.25, 0.3) is 0 Å². The summed E-state index contributed by atoms with van der Waals surface area (Å²) in [6.07, 6.45) is 2.77. The van der Waals surface area contributed by atoms with Crippen LogP contribution in [0.15, 0.2) is 24.3 Å². The predicted octanol–water partition coefficient (Wildman–Crippen LogP) is 4.06. The van der Waals surface area contributed by atoms with Gasteiger partial charge < -0.3 is 15.0 Å². The van der Waals surface area contributed by atoms with E-state index < -0.39 is 5.60 Å². The number of carbonyl (C=O) groups excluding carboxylic acids is 1. The highest BCUT2D eigenvalue weighted by Gasteiger charge is 2.26. The molecule has 22 heavy (non-hydrogen) atoms. The van der Waals surface area contributed by atoms with Crippen LogP contribution in [0.1, 0.15) is 46.1 Å². The molecule has 1 aromatic carbocycles. The van der Waals surface area contributed by atoms with Gasteiger partial charge in [-0.3, -0.25) is 0 Å². The molecule has 1 aliphatic heterocycles. The quantitative estimate of drug-likeness (QED) is 0.915. The molecule has 1 aromatic rings. The second kappa shape index (κ2) is 7.03. The van der Waals surface area contributed by atoms with Gasteiger partial charge in [-0.05, 0) is 57.7 Å². The molecule has 1 amide bonds. The van der Waals surface area contributed by atoms with Gasteiger partial charge in [0, 0.05) is 24.8 Å². The van der Waals surface area contributed by atoms with Crippen molar-refractivity contribution >= 4 is 11.8 Å². The molecule has 4 heteroatoms. The fourth-order valence-corrected chi connectivity index (χ4v) is 2.61. The fraction of sp³-hybridized carbons (Fsp3) is 0.611. The number of hydrogen-bond acceptors (Lipinski definition) is 3. The van der Waals surface area contributed by atoms with Crippen LogP contribution < -0.4 is 5.32 Å². The Kier molecular flexibility index (Phi) is 5.33. The van der Waals surface area contributed by atoms with Crippen LogP contribution >= 0.6 is 0 Å². The van der Waals surface area contributed by atoms with E-state index in [9.17, 15) is 4.79 Å². The average molecular weight is 304 g/mol. The van der Waals surface area contributed by atoms with Gasteiger partial charge in [0.2, 0.25) is 0 Å². The highest BCUT2D eigenvalue weighted by atomic mass is 16.6. The smallest absolute Gasteiger partial charge is 0.410 e. The van der Waals surface area contributed by atoms with Crippen LogP contribution in [-0.2, 0) is 11.2 Å². The van der Waals surface area contributed by atoms with E-state index in [2.05, 4.69) is 36.5 Å². The van der Waals surface area contributed by atoms with Crippen LogP contribution in [-0.4, -0.2) is 35.7 Å². The fourth-order valence-electron chi connectivity index (χ4n) is 2.61. The van der Waals surface area contributed by atoms with Gasteiger partial charge in [-0.15, -0.1) is 0 Å². The zero-order valence-electron chi connectivity index (χ0n) is 14.2. The highest BCUT2D eigenvalue weighted by molar-refractivity contribution is 5.68. The summed E-state index contributed by atoms with van der Waals surface area (Å²) in [6.45, 7) is 9.37. The third-order valence-corrected chi connectivity index (χ3v) is 3.88. The largest absolute Gasteiger partial charge is 0.444 e. The van der Waals surface area contributed by atoms with Gasteiger partial charge in [0.1, 0.15) is 5.60 Å². The maximum atomic E-state index is 12.0. The summed E-state index contributed by atoms with van der Waals surface area (Å²) < 4.78 is 5.42. The molecule has 0 bridgehead atoms. The predicted molar refractivity (Wildman–Crippen MR) is 90.3 cm³/mol. The van der Waals surface area contributed by atoms with E-state index in [0.29, 0.717) is 6.04 Å². The molecule has 122 valence electrons. The lowest BCUT2D eigenvalue weighted by atomic mass is 10.0. The Morgan fingerprint density at radius 2 is 1.82 bits per heavy atom. The molecule has 2 rings (SSSR count). The highest BCUT2D eigenvalue weighted by Crippen LogP contribution is 2.19. The van der Waals surface area contributed by atoms with Crippen molar-refractivity contribution in [3.63, 3.8) is 0 Å². The Labute approximate surface area is 133 Å². The molecule has 0 spiro atoms. The molecule has 0 radical (unpaired) electrons. The second-order valence-electron chi connectivity index (χ2n) is 6.94. The number of ether oxygens (including phenoxy) is 1. The van der Waals surface area contributed by atoms with E-state index in [1.54, 1.807) is 0 Å². The average Bonchev–Trinajstić information content (AvgIpc) is 2.47. The van der Waals surface area contributed by atoms with Crippen molar-refractivity contribution in [2.45, 2.75) is 58.6 Å². The molecule has 0 atom stereocenters. The topological polar surface area (TPSA) is 41.6 Å². The summed E-state index contributed by atoms with van der Waals surface area (Å²) in [5.74, 6) is 0. The van der Waals surface area contributed by atoms with Crippen molar-refractivity contribution in [2.24, 2.45) is 0 Å². The van der Waals surface area contributed by atoms with Crippen LogP contribution in [0.3, 0.4) is 0 Å². The third kappa shape index (κ3) is 4.93. The van der Waals surface area contributed by atoms with E-state index in [-0.39, 0.29) is 6.09 Å². The second-order valence-corrected chi connectivity index (χ2v) is 6.94. The number of rotatable bonds is 3. The number of aryl methyl sites for hydroxylation is 1. The van der Waals surface area contributed by atoms with Crippen LogP contribution in [0.5, 0.6) is 0 Å². The van der Waals surface area contributed by atoms with Crippen molar-refractivity contribution < 1.29 is 9.53 Å².